The molecule has 1 fully saturated rings. The Kier molecular flexibility index (Phi) is 4.63. The maximum Gasteiger partial charge on any atom is 0.171 e. The fraction of sp³-hybridized carbons (Fsp3) is 0.526. The van der Waals surface area contributed by atoms with Gasteiger partial charge in [-0.25, -0.2) is 4.98 Å². The van der Waals surface area contributed by atoms with Crippen molar-refractivity contribution in [1.29, 1.82) is 0 Å². The molecular weight excluding hydrogens is 330 g/mol. The summed E-state index contributed by atoms with van der Waals surface area (Å²) in [6.07, 6.45) is 4.65. The van der Waals surface area contributed by atoms with Crippen molar-refractivity contribution >= 4 is 16.6 Å². The zero-order chi connectivity index (χ0) is 18.1. The largest absolute Gasteiger partial charge is 0.493 e. The fourth-order valence-electron chi connectivity index (χ4n) is 3.75. The van der Waals surface area contributed by atoms with E-state index in [4.69, 9.17) is 14.5 Å². The van der Waals surface area contributed by atoms with Crippen molar-refractivity contribution in [3.05, 3.63) is 23.8 Å². The average Bonchev–Trinajstić information content (AvgIpc) is 3.11. The van der Waals surface area contributed by atoms with E-state index in [1.165, 1.54) is 19.3 Å². The molecule has 138 valence electrons. The number of fused-ring (bicyclic) bond motifs is 3. The van der Waals surface area contributed by atoms with Gasteiger partial charge in [0, 0.05) is 17.9 Å². The van der Waals surface area contributed by atoms with Gasteiger partial charge in [0.2, 0.25) is 0 Å². The molecule has 0 unspecified atom stereocenters. The number of nitrogens with zero attached hydrogens (tertiary/aromatic N) is 5. The highest BCUT2D eigenvalue weighted by Crippen LogP contribution is 2.33. The van der Waals surface area contributed by atoms with Crippen molar-refractivity contribution in [3.63, 3.8) is 0 Å². The molecule has 0 radical (unpaired) electrons. The van der Waals surface area contributed by atoms with Crippen molar-refractivity contribution in [1.82, 2.24) is 24.5 Å². The van der Waals surface area contributed by atoms with Gasteiger partial charge in [-0.15, -0.1) is 10.2 Å². The summed E-state index contributed by atoms with van der Waals surface area (Å²) >= 11 is 0. The van der Waals surface area contributed by atoms with E-state index in [1.54, 1.807) is 14.2 Å². The Labute approximate surface area is 152 Å². The normalized spacial score (nSPS) is 15.7. The van der Waals surface area contributed by atoms with E-state index in [0.29, 0.717) is 11.5 Å². The Morgan fingerprint density at radius 3 is 2.38 bits per heavy atom. The van der Waals surface area contributed by atoms with Crippen LogP contribution in [0.5, 0.6) is 11.5 Å². The minimum absolute atomic E-state index is 0.673. The molecule has 2 aromatic heterocycles. The Morgan fingerprint density at radius 2 is 1.69 bits per heavy atom. The third kappa shape index (κ3) is 2.86. The third-order valence-corrected chi connectivity index (χ3v) is 5.11. The van der Waals surface area contributed by atoms with Gasteiger partial charge in [-0.2, -0.15) is 0 Å². The van der Waals surface area contributed by atoms with Gasteiger partial charge in [-0.1, -0.05) is 13.3 Å². The predicted octanol–water partition coefficient (Wildman–Crippen LogP) is 2.84. The molecule has 0 saturated carbocycles. The van der Waals surface area contributed by atoms with Crippen molar-refractivity contribution in [3.8, 4) is 11.5 Å². The number of piperidine rings is 1. The van der Waals surface area contributed by atoms with Crippen LogP contribution in [-0.2, 0) is 13.0 Å². The Balaban J connectivity index is 1.87. The van der Waals surface area contributed by atoms with Crippen LogP contribution in [0.4, 0.5) is 0 Å². The molecule has 1 saturated heterocycles. The second-order valence-electron chi connectivity index (χ2n) is 6.72. The molecule has 0 amide bonds. The van der Waals surface area contributed by atoms with Gasteiger partial charge in [-0.05, 0) is 32.0 Å². The van der Waals surface area contributed by atoms with E-state index in [2.05, 4.69) is 26.4 Å². The van der Waals surface area contributed by atoms with E-state index in [1.807, 2.05) is 12.1 Å². The molecule has 1 aliphatic rings. The minimum atomic E-state index is 0.673. The van der Waals surface area contributed by atoms with Gasteiger partial charge in [0.05, 0.1) is 26.3 Å². The number of benzene rings is 1. The first-order valence-corrected chi connectivity index (χ1v) is 9.26. The molecule has 0 N–H and O–H groups in total. The van der Waals surface area contributed by atoms with Crippen LogP contribution < -0.4 is 9.47 Å². The summed E-state index contributed by atoms with van der Waals surface area (Å²) in [7, 11) is 3.27. The van der Waals surface area contributed by atoms with Crippen molar-refractivity contribution < 1.29 is 9.47 Å². The summed E-state index contributed by atoms with van der Waals surface area (Å²) in [4.78, 5) is 7.32. The molecule has 0 atom stereocenters. The van der Waals surface area contributed by atoms with Crippen molar-refractivity contribution in [2.24, 2.45) is 0 Å². The smallest absolute Gasteiger partial charge is 0.171 e. The van der Waals surface area contributed by atoms with Crippen LogP contribution in [0.2, 0.25) is 0 Å². The van der Waals surface area contributed by atoms with Crippen LogP contribution in [-0.4, -0.2) is 51.8 Å². The summed E-state index contributed by atoms with van der Waals surface area (Å²) in [5.41, 5.74) is 1.68. The first kappa shape index (κ1) is 17.0. The third-order valence-electron chi connectivity index (χ3n) is 5.11. The topological polar surface area (TPSA) is 64.8 Å². The fourth-order valence-corrected chi connectivity index (χ4v) is 3.75. The number of ether oxygens (including phenoxy) is 2. The molecule has 4 rings (SSSR count). The maximum absolute atomic E-state index is 5.46. The van der Waals surface area contributed by atoms with Gasteiger partial charge in [0.15, 0.2) is 23.0 Å². The molecule has 3 heterocycles. The molecule has 0 aliphatic carbocycles. The highest BCUT2D eigenvalue weighted by atomic mass is 16.5. The van der Waals surface area contributed by atoms with Crippen LogP contribution in [0.1, 0.15) is 37.8 Å². The second-order valence-corrected chi connectivity index (χ2v) is 6.72. The van der Waals surface area contributed by atoms with E-state index in [0.717, 1.165) is 54.3 Å². The lowest BCUT2D eigenvalue weighted by molar-refractivity contribution is 0.215. The van der Waals surface area contributed by atoms with Crippen LogP contribution in [0.25, 0.3) is 16.6 Å². The zero-order valence-electron chi connectivity index (χ0n) is 15.7. The van der Waals surface area contributed by atoms with Gasteiger partial charge >= 0.3 is 0 Å². The van der Waals surface area contributed by atoms with Gasteiger partial charge < -0.3 is 9.47 Å². The Morgan fingerprint density at radius 1 is 0.962 bits per heavy atom. The summed E-state index contributed by atoms with van der Waals surface area (Å²) < 4.78 is 13.0. The number of aryl methyl sites for hydroxylation is 1. The maximum atomic E-state index is 5.46. The number of aromatic nitrogens is 4. The predicted molar refractivity (Wildman–Crippen MR) is 99.9 cm³/mol. The molecule has 26 heavy (non-hydrogen) atoms. The Hall–Kier alpha value is -2.41. The summed E-state index contributed by atoms with van der Waals surface area (Å²) in [6, 6.07) is 3.85. The second kappa shape index (κ2) is 7.07. The molecule has 0 bridgehead atoms. The van der Waals surface area contributed by atoms with E-state index >= 15 is 0 Å². The number of likely N-dealkylation sites (tertiary alicyclic amines) is 1. The monoisotopic (exact) mass is 355 g/mol. The Bertz CT molecular complexity index is 931. The summed E-state index contributed by atoms with van der Waals surface area (Å²) in [5, 5.41) is 9.94. The minimum Gasteiger partial charge on any atom is -0.493 e. The number of rotatable bonds is 5. The zero-order valence-corrected chi connectivity index (χ0v) is 15.7. The van der Waals surface area contributed by atoms with Gasteiger partial charge in [-0.3, -0.25) is 9.30 Å². The number of hydrogen-bond donors (Lipinski definition) is 0. The standard InChI is InChI=1S/C19H25N5O2/c1-4-17-20-14-11-16(26-3)15(25-2)10-13(14)19-22-21-18(24(17)19)12-23-8-6-5-7-9-23/h10-11H,4-9,12H2,1-3H3. The number of hydrogen-bond acceptors (Lipinski definition) is 6. The molecule has 3 aromatic rings. The van der Waals surface area contributed by atoms with Crippen molar-refractivity contribution in [2.75, 3.05) is 27.3 Å². The first-order chi connectivity index (χ1) is 12.7. The van der Waals surface area contributed by atoms with Crippen LogP contribution in [0, 0.1) is 0 Å². The molecular formula is C19H25N5O2. The molecule has 7 heteroatoms. The van der Waals surface area contributed by atoms with Gasteiger partial charge in [0.25, 0.3) is 0 Å². The van der Waals surface area contributed by atoms with Crippen LogP contribution >= 0.6 is 0 Å². The SMILES string of the molecule is CCc1nc2cc(OC)c(OC)cc2c2nnc(CN3CCCCC3)n12. The first-order valence-electron chi connectivity index (χ1n) is 9.26. The molecule has 1 aromatic carbocycles. The quantitative estimate of drug-likeness (QED) is 0.701. The van der Waals surface area contributed by atoms with E-state index < -0.39 is 0 Å². The van der Waals surface area contributed by atoms with Crippen molar-refractivity contribution in [2.45, 2.75) is 39.2 Å². The number of methoxy groups -OCH3 is 2. The molecule has 0 spiro atoms. The van der Waals surface area contributed by atoms with Crippen LogP contribution in [0.15, 0.2) is 12.1 Å². The van der Waals surface area contributed by atoms with E-state index in [9.17, 15) is 0 Å². The summed E-state index contributed by atoms with van der Waals surface area (Å²) in [5.74, 6) is 3.28. The lowest BCUT2D eigenvalue weighted by Gasteiger charge is -2.25. The molecule has 1 aliphatic heterocycles. The van der Waals surface area contributed by atoms with Gasteiger partial charge in [0.1, 0.15) is 5.82 Å². The highest BCUT2D eigenvalue weighted by molar-refractivity contribution is 5.93. The lowest BCUT2D eigenvalue weighted by Crippen LogP contribution is -2.30. The highest BCUT2D eigenvalue weighted by Gasteiger charge is 2.19. The summed E-state index contributed by atoms with van der Waals surface area (Å²) in [6.45, 7) is 5.18. The van der Waals surface area contributed by atoms with E-state index in [-0.39, 0.29) is 0 Å². The van der Waals surface area contributed by atoms with Crippen LogP contribution in [0.3, 0.4) is 0 Å². The average molecular weight is 355 g/mol. The lowest BCUT2D eigenvalue weighted by atomic mass is 10.1. The molecule has 7 nitrogen and oxygen atoms in total.